The van der Waals surface area contributed by atoms with Crippen molar-refractivity contribution >= 4 is 65.1 Å². The molecule has 14 N–H and O–H groups in total. The number of nitrogens with two attached hydrogens (primary N) is 2. The van der Waals surface area contributed by atoms with Gasteiger partial charge in [-0.25, -0.2) is 4.79 Å². The lowest BCUT2D eigenvalue weighted by Crippen LogP contribution is -2.47. The molecule has 2 fully saturated rings. The van der Waals surface area contributed by atoms with E-state index in [-0.39, 0.29) is 145 Å². The van der Waals surface area contributed by atoms with E-state index in [1.54, 1.807) is 14.1 Å². The van der Waals surface area contributed by atoms with Crippen molar-refractivity contribution in [3.63, 3.8) is 0 Å². The number of primary amides is 2. The SMILES string of the molecule is CN[C@@H](CCCCNC(=O)COCCOCCNC(=O)COCCOCCNC(=O)CCCC(=O)NCCCC[C@H](NC(=O)CCCC[C@@H]1SC[C@@H]2NC(=O)N[C@@H]21)C(=O)NCCCC[C@H](NC)C(N)=O)C(N)=O. The van der Waals surface area contributed by atoms with Crippen molar-refractivity contribution in [2.75, 3.05) is 105 Å². The van der Waals surface area contributed by atoms with Crippen LogP contribution in [0.1, 0.15) is 103 Å². The van der Waals surface area contributed by atoms with Crippen molar-refractivity contribution in [3.05, 3.63) is 0 Å². The maximum absolute atomic E-state index is 13.2. The summed E-state index contributed by atoms with van der Waals surface area (Å²) in [7, 11) is 3.34. The Labute approximate surface area is 434 Å². The van der Waals surface area contributed by atoms with E-state index < -0.39 is 23.9 Å². The molecule has 0 bridgehead atoms. The summed E-state index contributed by atoms with van der Waals surface area (Å²) < 4.78 is 21.4. The summed E-state index contributed by atoms with van der Waals surface area (Å²) >= 11 is 1.83. The molecule has 0 saturated carbocycles. The van der Waals surface area contributed by atoms with Crippen LogP contribution in [0.5, 0.6) is 0 Å². The minimum atomic E-state index is -0.744. The predicted octanol–water partition coefficient (Wildman–Crippen LogP) is -2.33. The lowest BCUT2D eigenvalue weighted by Gasteiger charge is -2.19. The van der Waals surface area contributed by atoms with Gasteiger partial charge in [-0.2, -0.15) is 11.8 Å². The van der Waals surface area contributed by atoms with Crippen molar-refractivity contribution in [1.82, 2.24) is 53.2 Å². The predicted molar refractivity (Wildman–Crippen MR) is 274 cm³/mol. The van der Waals surface area contributed by atoms with E-state index in [0.717, 1.165) is 25.0 Å². The van der Waals surface area contributed by atoms with E-state index in [2.05, 4.69) is 53.2 Å². The second-order valence-corrected chi connectivity index (χ2v) is 19.1. The highest BCUT2D eigenvalue weighted by Gasteiger charge is 2.42. The first-order chi connectivity index (χ1) is 35.2. The summed E-state index contributed by atoms with van der Waals surface area (Å²) in [6.45, 7) is 2.90. The van der Waals surface area contributed by atoms with Crippen molar-refractivity contribution in [3.8, 4) is 0 Å². The number of unbranched alkanes of at least 4 members (excludes halogenated alkanes) is 4. The fourth-order valence-electron chi connectivity index (χ4n) is 7.86. The molecule has 6 atom stereocenters. The van der Waals surface area contributed by atoms with Gasteiger partial charge in [0, 0.05) is 63.0 Å². The first kappa shape index (κ1) is 64.3. The first-order valence-electron chi connectivity index (χ1n) is 25.8. The largest absolute Gasteiger partial charge is 0.377 e. The van der Waals surface area contributed by atoms with Crippen LogP contribution < -0.4 is 64.6 Å². The van der Waals surface area contributed by atoms with Crippen LogP contribution in [0, 0.1) is 0 Å². The number of nitrogens with one attached hydrogen (secondary N) is 10. The molecule has 25 nitrogen and oxygen atoms in total. The molecule has 2 saturated heterocycles. The van der Waals surface area contributed by atoms with E-state index in [9.17, 15) is 43.2 Å². The molecule has 2 heterocycles. The minimum absolute atomic E-state index is 0.0982. The van der Waals surface area contributed by atoms with Crippen LogP contribution >= 0.6 is 11.8 Å². The smallest absolute Gasteiger partial charge is 0.315 e. The van der Waals surface area contributed by atoms with Gasteiger partial charge >= 0.3 is 6.03 Å². The van der Waals surface area contributed by atoms with Gasteiger partial charge in [-0.1, -0.05) is 6.42 Å². The van der Waals surface area contributed by atoms with Crippen LogP contribution in [-0.2, 0) is 57.3 Å². The quantitative estimate of drug-likeness (QED) is 0.0225. The monoisotopic (exact) mass is 1060 g/mol. The van der Waals surface area contributed by atoms with Gasteiger partial charge in [0.2, 0.25) is 47.3 Å². The van der Waals surface area contributed by atoms with Gasteiger partial charge in [0.05, 0.1) is 63.8 Å². The fraction of sp³-hybridized carbons (Fsp3) is 0.809. The van der Waals surface area contributed by atoms with Crippen LogP contribution in [0.2, 0.25) is 0 Å². The molecule has 10 amide bonds. The van der Waals surface area contributed by atoms with Gasteiger partial charge in [-0.15, -0.1) is 0 Å². The standard InChI is InChI=1S/C47H86N12O13S/c1-50-33(44(48)65)12-5-8-20-53-41(63)30-71-28-27-70-25-23-55-42(64)31-72-29-26-69-24-22-54-39(61)18-11-17-38(60)52-19-9-7-14-35(46(67)56-21-10-6-13-34(51-2)45(49)66)57-40(62)16-4-3-15-37-43-36(32-73-37)58-47(68)59-43/h33-37,43,50-51H,3-32H2,1-2H3,(H2,48,65)(H2,49,66)(H,52,60)(H,53,63)(H,54,61)(H,55,64)(H,56,67)(H,57,62)(H2,58,59,68)/t33-,34-,35-,36-,37-,43-/m0/s1. The highest BCUT2D eigenvalue weighted by molar-refractivity contribution is 8.00. The van der Waals surface area contributed by atoms with Gasteiger partial charge in [-0.3, -0.25) is 38.4 Å². The molecule has 0 aromatic heterocycles. The molecule has 0 aromatic carbocycles. The lowest BCUT2D eigenvalue weighted by atomic mass is 10.0. The van der Waals surface area contributed by atoms with E-state index in [4.69, 9.17) is 30.4 Å². The van der Waals surface area contributed by atoms with Crippen LogP contribution in [0.4, 0.5) is 4.79 Å². The van der Waals surface area contributed by atoms with E-state index >= 15 is 0 Å². The summed E-state index contributed by atoms with van der Waals surface area (Å²) in [6.07, 6.45) is 8.74. The Hall–Kier alpha value is -4.86. The fourth-order valence-corrected chi connectivity index (χ4v) is 9.40. The maximum Gasteiger partial charge on any atom is 0.315 e. The Bertz CT molecular complexity index is 1670. The highest BCUT2D eigenvalue weighted by atomic mass is 32.2. The van der Waals surface area contributed by atoms with Crippen molar-refractivity contribution in [2.45, 2.75) is 138 Å². The molecule has 0 unspecified atom stereocenters. The molecule has 2 aliphatic rings. The Balaban J connectivity index is 1.46. The zero-order chi connectivity index (χ0) is 53.5. The Morgan fingerprint density at radius 3 is 1.53 bits per heavy atom. The summed E-state index contributed by atoms with van der Waals surface area (Å²) in [5.41, 5.74) is 10.7. The molecule has 2 aliphatic heterocycles. The number of fused-ring (bicyclic) bond motifs is 1. The third kappa shape index (κ3) is 31.5. The average molecular weight is 1060 g/mol. The average Bonchev–Trinajstić information content (AvgIpc) is 3.92. The van der Waals surface area contributed by atoms with Crippen molar-refractivity contribution < 1.29 is 62.1 Å². The van der Waals surface area contributed by atoms with Gasteiger partial charge in [0.25, 0.3) is 0 Å². The summed E-state index contributed by atoms with van der Waals surface area (Å²) in [5, 5.41) is 28.8. The van der Waals surface area contributed by atoms with Gasteiger partial charge in [-0.05, 0) is 91.1 Å². The number of ether oxygens (including phenoxy) is 4. The number of amides is 10. The lowest BCUT2D eigenvalue weighted by molar-refractivity contribution is -0.129. The number of carbonyl (C=O) groups is 9. The topological polar surface area (TPSA) is 363 Å². The minimum Gasteiger partial charge on any atom is -0.377 e. The Kier molecular flexibility index (Phi) is 35.7. The number of thioether (sulfide) groups is 1. The maximum atomic E-state index is 13.2. The molecular formula is C47H86N12O13S. The molecular weight excluding hydrogens is 973 g/mol. The van der Waals surface area contributed by atoms with Crippen LogP contribution in [-0.4, -0.2) is 194 Å². The summed E-state index contributed by atoms with van der Waals surface area (Å²) in [5.74, 6) is -1.43. The number of rotatable bonds is 46. The summed E-state index contributed by atoms with van der Waals surface area (Å²) in [4.78, 5) is 109. The second-order valence-electron chi connectivity index (χ2n) is 17.8. The number of carbonyl (C=O) groups excluding carboxylic acids is 9. The molecule has 0 spiro atoms. The number of hydrogen-bond donors (Lipinski definition) is 12. The normalized spacial score (nSPS) is 17.0. The van der Waals surface area contributed by atoms with Crippen molar-refractivity contribution in [2.24, 2.45) is 11.5 Å². The van der Waals surface area contributed by atoms with E-state index in [1.165, 1.54) is 0 Å². The van der Waals surface area contributed by atoms with E-state index in [1.807, 2.05) is 11.8 Å². The number of urea groups is 1. The Morgan fingerprint density at radius 2 is 1.00 bits per heavy atom. The third-order valence-corrected chi connectivity index (χ3v) is 13.5. The van der Waals surface area contributed by atoms with Crippen LogP contribution in [0.15, 0.2) is 0 Å². The molecule has 0 aromatic rings. The van der Waals surface area contributed by atoms with Gasteiger partial charge < -0.3 is 83.6 Å². The molecule has 73 heavy (non-hydrogen) atoms. The molecule has 0 radical (unpaired) electrons. The van der Waals surface area contributed by atoms with Crippen molar-refractivity contribution in [1.29, 1.82) is 0 Å². The molecule has 26 heteroatoms. The third-order valence-electron chi connectivity index (χ3n) is 12.0. The van der Waals surface area contributed by atoms with Gasteiger partial charge in [0.15, 0.2) is 0 Å². The second kappa shape index (κ2) is 40.5. The molecule has 2 rings (SSSR count). The molecule has 418 valence electrons. The summed E-state index contributed by atoms with van der Waals surface area (Å²) in [6, 6.07) is -1.43. The first-order valence-corrected chi connectivity index (χ1v) is 26.8. The molecule has 0 aliphatic carbocycles. The Morgan fingerprint density at radius 1 is 0.534 bits per heavy atom. The highest BCUT2D eigenvalue weighted by Crippen LogP contribution is 2.33. The van der Waals surface area contributed by atoms with Crippen LogP contribution in [0.25, 0.3) is 0 Å². The van der Waals surface area contributed by atoms with Crippen LogP contribution in [0.3, 0.4) is 0 Å². The zero-order valence-electron chi connectivity index (χ0n) is 43.0. The zero-order valence-corrected chi connectivity index (χ0v) is 43.9. The number of hydrogen-bond acceptors (Lipinski definition) is 16. The number of likely N-dealkylation sites (N-methyl/N-ethyl adjacent to an activating group) is 2. The van der Waals surface area contributed by atoms with Gasteiger partial charge in [0.1, 0.15) is 19.3 Å². The van der Waals surface area contributed by atoms with E-state index in [0.29, 0.717) is 89.1 Å².